The Bertz CT molecular complexity index is 572. The summed E-state index contributed by atoms with van der Waals surface area (Å²) in [6, 6.07) is 3.39. The second-order valence-corrected chi connectivity index (χ2v) is 4.82. The molecule has 0 bridgehead atoms. The van der Waals surface area contributed by atoms with Gasteiger partial charge in [0, 0.05) is 0 Å². The van der Waals surface area contributed by atoms with Gasteiger partial charge in [-0.05, 0) is 38.4 Å². The number of hydrogen-bond donors (Lipinski definition) is 2. The summed E-state index contributed by atoms with van der Waals surface area (Å²) in [6.07, 6.45) is 3.59. The first-order chi connectivity index (χ1) is 9.74. The average molecular weight is 276 g/mol. The summed E-state index contributed by atoms with van der Waals surface area (Å²) in [5, 5.41) is 9.74. The lowest BCUT2D eigenvalue weighted by Gasteiger charge is -2.08. The molecule has 20 heavy (non-hydrogen) atoms. The number of nitrogens with one attached hydrogen (secondary N) is 2. The zero-order chi connectivity index (χ0) is 13.9. The van der Waals surface area contributed by atoms with Crippen LogP contribution in [0.1, 0.15) is 54.1 Å². The highest BCUT2D eigenvalue weighted by molar-refractivity contribution is 5.90. The summed E-state index contributed by atoms with van der Waals surface area (Å²) in [7, 11) is 0. The number of aromatic nitrogens is 2. The Kier molecular flexibility index (Phi) is 3.51. The molecule has 1 amide bonds. The van der Waals surface area contributed by atoms with Crippen LogP contribution in [-0.4, -0.2) is 22.6 Å². The Morgan fingerprint density at radius 2 is 2.50 bits per heavy atom. The van der Waals surface area contributed by atoms with Crippen molar-refractivity contribution in [2.75, 3.05) is 6.54 Å². The van der Waals surface area contributed by atoms with Crippen LogP contribution in [0.2, 0.25) is 0 Å². The summed E-state index contributed by atoms with van der Waals surface area (Å²) in [5.74, 6) is 0.826. The lowest BCUT2D eigenvalue weighted by atomic mass is 10.2. The number of furan rings is 1. The van der Waals surface area contributed by atoms with Crippen LogP contribution >= 0.6 is 0 Å². The van der Waals surface area contributed by atoms with E-state index in [1.807, 2.05) is 6.92 Å². The molecule has 2 N–H and O–H groups in total. The molecule has 0 radical (unpaired) electrons. The number of rotatable bonds is 4. The number of amides is 1. The van der Waals surface area contributed by atoms with Gasteiger partial charge in [-0.25, -0.2) is 0 Å². The highest BCUT2D eigenvalue weighted by atomic mass is 16.5. The molecule has 0 aromatic carbocycles. The first kappa shape index (κ1) is 12.9. The van der Waals surface area contributed by atoms with E-state index in [0.29, 0.717) is 11.7 Å². The molecule has 3 rings (SSSR count). The highest BCUT2D eigenvalue weighted by Gasteiger charge is 2.25. The third-order valence-corrected chi connectivity index (χ3v) is 3.32. The maximum absolute atomic E-state index is 12.0. The van der Waals surface area contributed by atoms with Crippen molar-refractivity contribution in [1.29, 1.82) is 0 Å². The molecule has 2 unspecified atom stereocenters. The normalized spacial score (nSPS) is 19.9. The second kappa shape index (κ2) is 5.46. The van der Waals surface area contributed by atoms with Gasteiger partial charge in [0.1, 0.15) is 5.76 Å². The van der Waals surface area contributed by atoms with Gasteiger partial charge in [-0.3, -0.25) is 4.79 Å². The van der Waals surface area contributed by atoms with Crippen molar-refractivity contribution in [3.8, 4) is 0 Å². The van der Waals surface area contributed by atoms with E-state index in [1.54, 1.807) is 18.4 Å². The van der Waals surface area contributed by atoms with Crippen LogP contribution in [0.4, 0.5) is 0 Å². The van der Waals surface area contributed by atoms with Crippen molar-refractivity contribution >= 4 is 5.91 Å². The van der Waals surface area contributed by atoms with Crippen LogP contribution in [0.15, 0.2) is 27.3 Å². The summed E-state index contributed by atoms with van der Waals surface area (Å²) >= 11 is 0. The number of carbonyl (C=O) groups excluding carboxylic acids is 1. The summed E-state index contributed by atoms with van der Waals surface area (Å²) < 4.78 is 10.4. The van der Waals surface area contributed by atoms with E-state index in [4.69, 9.17) is 8.94 Å². The Morgan fingerprint density at radius 1 is 1.60 bits per heavy atom. The van der Waals surface area contributed by atoms with Gasteiger partial charge in [0.05, 0.1) is 18.3 Å². The Morgan fingerprint density at radius 3 is 3.20 bits per heavy atom. The third kappa shape index (κ3) is 2.57. The smallest absolute Gasteiger partial charge is 0.293 e. The fourth-order valence-corrected chi connectivity index (χ4v) is 2.23. The predicted molar refractivity (Wildman–Crippen MR) is 68.9 cm³/mol. The molecular weight excluding hydrogens is 260 g/mol. The molecule has 7 nitrogen and oxygen atoms in total. The van der Waals surface area contributed by atoms with Crippen molar-refractivity contribution < 1.29 is 13.7 Å². The van der Waals surface area contributed by atoms with Gasteiger partial charge in [-0.1, -0.05) is 5.16 Å². The van der Waals surface area contributed by atoms with Crippen molar-refractivity contribution in [3.63, 3.8) is 0 Å². The third-order valence-electron chi connectivity index (χ3n) is 3.32. The lowest BCUT2D eigenvalue weighted by molar-refractivity contribution is 0.0922. The van der Waals surface area contributed by atoms with Gasteiger partial charge in [0.25, 0.3) is 11.7 Å². The molecule has 1 aliphatic heterocycles. The summed E-state index contributed by atoms with van der Waals surface area (Å²) in [5.41, 5.74) is 0. The number of hydrogen-bond acceptors (Lipinski definition) is 6. The standard InChI is InChI=1S/C13H16N4O3/c1-8(10-5-3-7-19-10)15-12(18)11-16-13(20-17-11)9-4-2-6-14-9/h3,5,7-9,14H,2,4,6H2,1H3,(H,15,18). The molecule has 106 valence electrons. The molecule has 1 fully saturated rings. The first-order valence-electron chi connectivity index (χ1n) is 6.65. The van der Waals surface area contributed by atoms with Crippen LogP contribution in [0.25, 0.3) is 0 Å². The van der Waals surface area contributed by atoms with Gasteiger partial charge >= 0.3 is 0 Å². The van der Waals surface area contributed by atoms with Crippen molar-refractivity contribution in [2.24, 2.45) is 0 Å². The number of carbonyl (C=O) groups is 1. The first-order valence-corrected chi connectivity index (χ1v) is 6.65. The molecule has 1 saturated heterocycles. The Balaban J connectivity index is 1.65. The number of nitrogens with zero attached hydrogens (tertiary/aromatic N) is 2. The lowest BCUT2D eigenvalue weighted by Crippen LogP contribution is -2.27. The molecule has 2 atom stereocenters. The minimum Gasteiger partial charge on any atom is -0.467 e. The maximum Gasteiger partial charge on any atom is 0.293 e. The molecule has 0 saturated carbocycles. The van der Waals surface area contributed by atoms with Gasteiger partial charge in [-0.15, -0.1) is 0 Å². The van der Waals surface area contributed by atoms with E-state index in [9.17, 15) is 4.79 Å². The monoisotopic (exact) mass is 276 g/mol. The zero-order valence-electron chi connectivity index (χ0n) is 11.1. The summed E-state index contributed by atoms with van der Waals surface area (Å²) in [6.45, 7) is 2.76. The second-order valence-electron chi connectivity index (χ2n) is 4.82. The highest BCUT2D eigenvalue weighted by Crippen LogP contribution is 2.21. The minimum absolute atomic E-state index is 0.0482. The van der Waals surface area contributed by atoms with Gasteiger partial charge in [0.2, 0.25) is 5.89 Å². The molecule has 3 heterocycles. The Labute approximate surface area is 115 Å². The van der Waals surface area contributed by atoms with E-state index >= 15 is 0 Å². The van der Waals surface area contributed by atoms with Crippen LogP contribution in [0.3, 0.4) is 0 Å². The zero-order valence-corrected chi connectivity index (χ0v) is 11.1. The molecule has 7 heteroatoms. The summed E-state index contributed by atoms with van der Waals surface area (Å²) in [4.78, 5) is 16.2. The predicted octanol–water partition coefficient (Wildman–Crippen LogP) is 1.58. The van der Waals surface area contributed by atoms with Crippen molar-refractivity contribution in [2.45, 2.75) is 31.8 Å². The van der Waals surface area contributed by atoms with E-state index in [2.05, 4.69) is 20.8 Å². The van der Waals surface area contributed by atoms with E-state index in [0.717, 1.165) is 19.4 Å². The van der Waals surface area contributed by atoms with E-state index < -0.39 is 0 Å². The molecule has 0 spiro atoms. The van der Waals surface area contributed by atoms with Crippen LogP contribution in [0.5, 0.6) is 0 Å². The molecule has 2 aromatic heterocycles. The van der Waals surface area contributed by atoms with E-state index in [1.165, 1.54) is 0 Å². The molecule has 1 aliphatic rings. The van der Waals surface area contributed by atoms with E-state index in [-0.39, 0.29) is 23.8 Å². The molecule has 0 aliphatic carbocycles. The SMILES string of the molecule is CC(NC(=O)c1noc(C2CCCN2)n1)c1ccco1. The Hall–Kier alpha value is -2.15. The van der Waals surface area contributed by atoms with Crippen molar-refractivity contribution in [1.82, 2.24) is 20.8 Å². The quantitative estimate of drug-likeness (QED) is 0.880. The van der Waals surface area contributed by atoms with Gasteiger partial charge < -0.3 is 19.6 Å². The van der Waals surface area contributed by atoms with Gasteiger partial charge in [-0.2, -0.15) is 4.98 Å². The largest absolute Gasteiger partial charge is 0.467 e. The topological polar surface area (TPSA) is 93.2 Å². The van der Waals surface area contributed by atoms with Crippen LogP contribution in [-0.2, 0) is 0 Å². The van der Waals surface area contributed by atoms with Gasteiger partial charge in [0.15, 0.2) is 0 Å². The van der Waals surface area contributed by atoms with Crippen LogP contribution in [0, 0.1) is 0 Å². The van der Waals surface area contributed by atoms with Crippen molar-refractivity contribution in [3.05, 3.63) is 35.9 Å². The molecular formula is C13H16N4O3. The fraction of sp³-hybridized carbons (Fsp3) is 0.462. The molecule has 2 aromatic rings. The van der Waals surface area contributed by atoms with Crippen LogP contribution < -0.4 is 10.6 Å². The minimum atomic E-state index is -0.373. The average Bonchev–Trinajstić information content (AvgIpc) is 3.19. The fourth-order valence-electron chi connectivity index (χ4n) is 2.23. The maximum atomic E-state index is 12.0.